The van der Waals surface area contributed by atoms with E-state index >= 15 is 0 Å². The van der Waals surface area contributed by atoms with Crippen LogP contribution in [-0.2, 0) is 9.53 Å². The lowest BCUT2D eigenvalue weighted by molar-refractivity contribution is -0.123. The quantitative estimate of drug-likeness (QED) is 0.632. The molecule has 0 aromatic heterocycles. The first kappa shape index (κ1) is 13.7. The third-order valence-electron chi connectivity index (χ3n) is 3.78. The summed E-state index contributed by atoms with van der Waals surface area (Å²) in [6.07, 6.45) is 6.49. The van der Waals surface area contributed by atoms with E-state index in [-0.39, 0.29) is 0 Å². The predicted octanol–water partition coefficient (Wildman–Crippen LogP) is 3.59. The fourth-order valence-corrected chi connectivity index (χ4v) is 2.52. The molecule has 1 saturated carbocycles. The van der Waals surface area contributed by atoms with Gasteiger partial charge in [-0.3, -0.25) is 4.79 Å². The minimum atomic E-state index is 0.441. The average molecular weight is 226 g/mol. The maximum atomic E-state index is 11.8. The highest BCUT2D eigenvalue weighted by molar-refractivity contribution is 5.79. The van der Waals surface area contributed by atoms with Crippen molar-refractivity contribution in [2.24, 2.45) is 11.8 Å². The number of hydrogen-bond donors (Lipinski definition) is 0. The number of ether oxygens (including phenoxy) is 1. The maximum absolute atomic E-state index is 11.8. The number of ketones is 1. The van der Waals surface area contributed by atoms with Gasteiger partial charge in [-0.2, -0.15) is 0 Å². The summed E-state index contributed by atoms with van der Waals surface area (Å²) in [7, 11) is 0. The van der Waals surface area contributed by atoms with Crippen molar-refractivity contribution in [1.29, 1.82) is 0 Å². The molecule has 0 heterocycles. The van der Waals surface area contributed by atoms with E-state index in [0.717, 1.165) is 45.1 Å². The molecule has 1 aliphatic carbocycles. The molecule has 0 atom stereocenters. The first-order chi connectivity index (χ1) is 7.69. The Morgan fingerprint density at radius 3 is 2.38 bits per heavy atom. The molecule has 0 radical (unpaired) electrons. The third kappa shape index (κ3) is 4.25. The van der Waals surface area contributed by atoms with Crippen LogP contribution in [0.2, 0.25) is 0 Å². The van der Waals surface area contributed by atoms with E-state index in [0.29, 0.717) is 23.7 Å². The van der Waals surface area contributed by atoms with Crippen LogP contribution in [0.15, 0.2) is 0 Å². The Balaban J connectivity index is 2.12. The highest BCUT2D eigenvalue weighted by Crippen LogP contribution is 2.33. The molecule has 2 nitrogen and oxygen atoms in total. The van der Waals surface area contributed by atoms with Crippen LogP contribution in [-0.4, -0.2) is 18.5 Å². The van der Waals surface area contributed by atoms with Gasteiger partial charge in [0.1, 0.15) is 5.78 Å². The van der Waals surface area contributed by atoms with Crippen molar-refractivity contribution in [2.45, 2.75) is 65.4 Å². The second kappa shape index (κ2) is 7.05. The summed E-state index contributed by atoms with van der Waals surface area (Å²) >= 11 is 0. The molecule has 0 N–H and O–H groups in total. The van der Waals surface area contributed by atoms with Crippen molar-refractivity contribution in [1.82, 2.24) is 0 Å². The molecule has 0 amide bonds. The van der Waals surface area contributed by atoms with E-state index in [2.05, 4.69) is 13.8 Å². The van der Waals surface area contributed by atoms with Crippen LogP contribution in [0.5, 0.6) is 0 Å². The Bertz CT molecular complexity index is 203. The molecular weight excluding hydrogens is 200 g/mol. The van der Waals surface area contributed by atoms with E-state index in [1.807, 2.05) is 6.92 Å². The molecule has 0 saturated heterocycles. The number of rotatable bonds is 8. The summed E-state index contributed by atoms with van der Waals surface area (Å²) < 4.78 is 5.50. The monoisotopic (exact) mass is 226 g/mol. The van der Waals surface area contributed by atoms with Gasteiger partial charge in [-0.1, -0.05) is 26.7 Å². The highest BCUT2D eigenvalue weighted by atomic mass is 16.5. The van der Waals surface area contributed by atoms with Crippen molar-refractivity contribution in [3.8, 4) is 0 Å². The molecule has 0 spiro atoms. The van der Waals surface area contributed by atoms with Gasteiger partial charge in [-0.05, 0) is 31.6 Å². The first-order valence-electron chi connectivity index (χ1n) is 6.82. The Kier molecular flexibility index (Phi) is 6.04. The molecule has 2 heteroatoms. The Morgan fingerprint density at radius 1 is 1.25 bits per heavy atom. The molecule has 16 heavy (non-hydrogen) atoms. The molecular formula is C14H26O2. The van der Waals surface area contributed by atoms with Gasteiger partial charge in [-0.25, -0.2) is 0 Å². The number of carbonyl (C=O) groups is 1. The maximum Gasteiger partial charge on any atom is 0.133 e. The lowest BCUT2D eigenvalue weighted by atomic mass is 9.78. The second-order valence-electron chi connectivity index (χ2n) is 5.04. The summed E-state index contributed by atoms with van der Waals surface area (Å²) in [5, 5.41) is 0. The zero-order chi connectivity index (χ0) is 12.0. The molecule has 1 rings (SSSR count). The van der Waals surface area contributed by atoms with E-state index in [1.54, 1.807) is 0 Å². The molecule has 1 aliphatic rings. The van der Waals surface area contributed by atoms with E-state index < -0.39 is 0 Å². The highest BCUT2D eigenvalue weighted by Gasteiger charge is 2.31. The van der Waals surface area contributed by atoms with Gasteiger partial charge >= 0.3 is 0 Å². The average Bonchev–Trinajstić information content (AvgIpc) is 2.23. The molecule has 94 valence electrons. The Hall–Kier alpha value is -0.370. The van der Waals surface area contributed by atoms with E-state index in [9.17, 15) is 4.79 Å². The van der Waals surface area contributed by atoms with Crippen molar-refractivity contribution >= 4 is 5.78 Å². The van der Waals surface area contributed by atoms with Crippen molar-refractivity contribution in [2.75, 3.05) is 6.61 Å². The van der Waals surface area contributed by atoms with Gasteiger partial charge in [0, 0.05) is 19.4 Å². The molecule has 0 bridgehead atoms. The van der Waals surface area contributed by atoms with Crippen molar-refractivity contribution in [3.05, 3.63) is 0 Å². The Labute approximate surface area is 99.8 Å². The number of Topliss-reactive ketones (excluding diaryl/α,β-unsaturated/α-hetero) is 1. The van der Waals surface area contributed by atoms with Crippen LogP contribution in [0.4, 0.5) is 0 Å². The van der Waals surface area contributed by atoms with E-state index in [1.165, 1.54) is 0 Å². The summed E-state index contributed by atoms with van der Waals surface area (Å²) in [6, 6.07) is 0. The summed E-state index contributed by atoms with van der Waals surface area (Å²) in [5.74, 6) is 1.68. The van der Waals surface area contributed by atoms with Crippen LogP contribution in [0.3, 0.4) is 0 Å². The molecule has 0 aromatic carbocycles. The number of carbonyl (C=O) groups excluding carboxylic acids is 1. The van der Waals surface area contributed by atoms with Crippen LogP contribution in [0, 0.1) is 11.8 Å². The Morgan fingerprint density at radius 2 is 1.88 bits per heavy atom. The fourth-order valence-electron chi connectivity index (χ4n) is 2.52. The van der Waals surface area contributed by atoms with Crippen LogP contribution < -0.4 is 0 Å². The molecule has 0 aromatic rings. The van der Waals surface area contributed by atoms with E-state index in [4.69, 9.17) is 4.74 Å². The lowest BCUT2D eigenvalue weighted by Crippen LogP contribution is -2.33. The summed E-state index contributed by atoms with van der Waals surface area (Å²) in [6.45, 7) is 7.19. The minimum absolute atomic E-state index is 0.441. The first-order valence-corrected chi connectivity index (χ1v) is 6.82. The largest absolute Gasteiger partial charge is 0.378 e. The van der Waals surface area contributed by atoms with Crippen LogP contribution >= 0.6 is 0 Å². The lowest BCUT2D eigenvalue weighted by Gasteiger charge is -2.34. The summed E-state index contributed by atoms with van der Waals surface area (Å²) in [4.78, 5) is 11.8. The standard InChI is InChI=1S/C14H26O2/c1-4-11(5-2)7-13(15)8-12-9-14(10-12)16-6-3/h11-12,14H,4-10H2,1-3H3. The van der Waals surface area contributed by atoms with Gasteiger partial charge < -0.3 is 4.74 Å². The van der Waals surface area contributed by atoms with Crippen LogP contribution in [0.1, 0.15) is 59.3 Å². The van der Waals surface area contributed by atoms with Gasteiger partial charge in [0.2, 0.25) is 0 Å². The van der Waals surface area contributed by atoms with Gasteiger partial charge in [0.05, 0.1) is 6.10 Å². The normalized spacial score (nSPS) is 24.5. The SMILES string of the molecule is CCOC1CC(CC(=O)CC(CC)CC)C1. The smallest absolute Gasteiger partial charge is 0.133 e. The zero-order valence-electron chi connectivity index (χ0n) is 11.0. The zero-order valence-corrected chi connectivity index (χ0v) is 11.0. The fraction of sp³-hybridized carbons (Fsp3) is 0.929. The summed E-state index contributed by atoms with van der Waals surface area (Å²) in [5.41, 5.74) is 0. The minimum Gasteiger partial charge on any atom is -0.378 e. The molecule has 1 fully saturated rings. The predicted molar refractivity (Wildman–Crippen MR) is 66.5 cm³/mol. The molecule has 0 aliphatic heterocycles. The van der Waals surface area contributed by atoms with Crippen LogP contribution in [0.25, 0.3) is 0 Å². The van der Waals surface area contributed by atoms with Crippen molar-refractivity contribution < 1.29 is 9.53 Å². The van der Waals surface area contributed by atoms with Crippen molar-refractivity contribution in [3.63, 3.8) is 0 Å². The topological polar surface area (TPSA) is 26.3 Å². The van der Waals surface area contributed by atoms with Gasteiger partial charge in [0.15, 0.2) is 0 Å². The third-order valence-corrected chi connectivity index (χ3v) is 3.78. The number of hydrogen-bond acceptors (Lipinski definition) is 2. The molecule has 0 unspecified atom stereocenters. The van der Waals surface area contributed by atoms with Gasteiger partial charge in [0.25, 0.3) is 0 Å². The second-order valence-corrected chi connectivity index (χ2v) is 5.04. The van der Waals surface area contributed by atoms with Gasteiger partial charge in [-0.15, -0.1) is 0 Å².